The molecule has 2 rings (SSSR count). The average molecular weight is 265 g/mol. The summed E-state index contributed by atoms with van der Waals surface area (Å²) in [7, 11) is 0. The van der Waals surface area contributed by atoms with E-state index >= 15 is 0 Å². The maximum atomic E-state index is 13.6. The summed E-state index contributed by atoms with van der Waals surface area (Å²) >= 11 is 1.75. The molecule has 1 heterocycles. The molecule has 2 aromatic rings. The van der Waals surface area contributed by atoms with Crippen molar-refractivity contribution in [1.82, 2.24) is 4.98 Å². The summed E-state index contributed by atoms with van der Waals surface area (Å²) in [6.07, 6.45) is 2.46. The first kappa shape index (κ1) is 13.3. The lowest BCUT2D eigenvalue weighted by molar-refractivity contribution is 0.289. The van der Waals surface area contributed by atoms with Gasteiger partial charge < -0.3 is 5.11 Å². The van der Waals surface area contributed by atoms with Crippen LogP contribution in [0.3, 0.4) is 0 Å². The van der Waals surface area contributed by atoms with Crippen LogP contribution < -0.4 is 0 Å². The molecule has 0 saturated carbocycles. The molecular weight excluding hydrogens is 249 g/mol. The van der Waals surface area contributed by atoms with Crippen molar-refractivity contribution in [3.05, 3.63) is 41.8 Å². The number of hydrogen-bond donors (Lipinski definition) is 1. The minimum Gasteiger partial charge on any atom is -0.396 e. The van der Waals surface area contributed by atoms with E-state index in [4.69, 9.17) is 5.11 Å². The topological polar surface area (TPSA) is 33.1 Å². The monoisotopic (exact) mass is 265 g/mol. The van der Waals surface area contributed by atoms with Crippen molar-refractivity contribution in [2.75, 3.05) is 6.61 Å². The summed E-state index contributed by atoms with van der Waals surface area (Å²) in [5, 5.41) is 9.83. The van der Waals surface area contributed by atoms with Gasteiger partial charge in [-0.1, -0.05) is 13.0 Å². The van der Waals surface area contributed by atoms with Crippen molar-refractivity contribution in [2.45, 2.75) is 24.3 Å². The summed E-state index contributed by atoms with van der Waals surface area (Å²) in [4.78, 5) is 4.26. The van der Waals surface area contributed by atoms with E-state index in [9.17, 15) is 4.39 Å². The summed E-state index contributed by atoms with van der Waals surface area (Å²) in [6, 6.07) is 6.79. The van der Waals surface area contributed by atoms with Crippen LogP contribution in [0.15, 0.2) is 30.5 Å². The second kappa shape index (κ2) is 6.16. The quantitative estimate of drug-likeness (QED) is 0.899. The second-order valence-electron chi connectivity index (χ2n) is 4.24. The number of pyridine rings is 1. The molecule has 1 aromatic carbocycles. The average Bonchev–Trinajstić information content (AvgIpc) is 2.39. The van der Waals surface area contributed by atoms with Gasteiger partial charge in [-0.3, -0.25) is 4.98 Å². The van der Waals surface area contributed by atoms with Gasteiger partial charge in [0.05, 0.1) is 5.52 Å². The number of aromatic nitrogens is 1. The normalized spacial score (nSPS) is 12.8. The largest absolute Gasteiger partial charge is 0.396 e. The van der Waals surface area contributed by atoms with Crippen molar-refractivity contribution < 1.29 is 9.50 Å². The molecular formula is C14H16FNOS. The van der Waals surface area contributed by atoms with Gasteiger partial charge >= 0.3 is 0 Å². The fourth-order valence-electron chi connectivity index (χ4n) is 1.81. The number of hydrogen-bond acceptors (Lipinski definition) is 3. The van der Waals surface area contributed by atoms with E-state index in [1.54, 1.807) is 36.2 Å². The summed E-state index contributed by atoms with van der Waals surface area (Å²) in [5.74, 6) is 0.560. The number of halogens is 1. The van der Waals surface area contributed by atoms with Crippen LogP contribution in [-0.4, -0.2) is 21.9 Å². The Balaban J connectivity index is 2.21. The molecule has 0 fully saturated rings. The number of rotatable bonds is 5. The molecule has 0 aliphatic rings. The molecule has 1 unspecified atom stereocenters. The van der Waals surface area contributed by atoms with Crippen molar-refractivity contribution in [3.63, 3.8) is 0 Å². The van der Waals surface area contributed by atoms with E-state index in [-0.39, 0.29) is 12.4 Å². The number of benzene rings is 1. The third kappa shape index (κ3) is 3.00. The van der Waals surface area contributed by atoms with Gasteiger partial charge in [-0.2, -0.15) is 11.8 Å². The number of fused-ring (bicyclic) bond motifs is 1. The van der Waals surface area contributed by atoms with Crippen molar-refractivity contribution in [3.8, 4) is 0 Å². The second-order valence-corrected chi connectivity index (χ2v) is 5.67. The first-order valence-electron chi connectivity index (χ1n) is 5.97. The third-order valence-corrected chi connectivity index (χ3v) is 4.14. The van der Waals surface area contributed by atoms with E-state index in [1.165, 1.54) is 6.07 Å². The minimum atomic E-state index is -0.227. The first-order valence-corrected chi connectivity index (χ1v) is 7.02. The van der Waals surface area contributed by atoms with Gasteiger partial charge in [0.25, 0.3) is 0 Å². The highest BCUT2D eigenvalue weighted by Gasteiger charge is 2.08. The van der Waals surface area contributed by atoms with Crippen molar-refractivity contribution >= 4 is 22.7 Å². The van der Waals surface area contributed by atoms with E-state index in [0.29, 0.717) is 10.6 Å². The molecule has 18 heavy (non-hydrogen) atoms. The van der Waals surface area contributed by atoms with Crippen LogP contribution in [0.4, 0.5) is 4.39 Å². The molecule has 0 aliphatic heterocycles. The van der Waals surface area contributed by atoms with Crippen LogP contribution in [0, 0.1) is 5.82 Å². The summed E-state index contributed by atoms with van der Waals surface area (Å²) in [6.45, 7) is 2.29. The Bertz CT molecular complexity index is 532. The molecule has 0 aliphatic carbocycles. The van der Waals surface area contributed by atoms with Crippen molar-refractivity contribution in [2.24, 2.45) is 0 Å². The van der Waals surface area contributed by atoms with Crippen LogP contribution in [0.2, 0.25) is 0 Å². The van der Waals surface area contributed by atoms with Crippen LogP contribution >= 0.6 is 11.8 Å². The fraction of sp³-hybridized carbons (Fsp3) is 0.357. The molecule has 1 N–H and O–H groups in total. The molecule has 0 spiro atoms. The van der Waals surface area contributed by atoms with Crippen LogP contribution in [0.1, 0.15) is 18.9 Å². The predicted molar refractivity (Wildman–Crippen MR) is 74.2 cm³/mol. The van der Waals surface area contributed by atoms with Gasteiger partial charge in [0.1, 0.15) is 5.82 Å². The van der Waals surface area contributed by atoms with Crippen molar-refractivity contribution in [1.29, 1.82) is 0 Å². The zero-order valence-electron chi connectivity index (χ0n) is 10.3. The van der Waals surface area contributed by atoms with Crippen LogP contribution in [0.5, 0.6) is 0 Å². The third-order valence-electron chi connectivity index (χ3n) is 2.86. The van der Waals surface area contributed by atoms with Gasteiger partial charge in [0, 0.05) is 29.2 Å². The van der Waals surface area contributed by atoms with E-state index in [0.717, 1.165) is 23.3 Å². The molecule has 96 valence electrons. The molecule has 0 bridgehead atoms. The standard InChI is InChI=1S/C14H16FNOS/c1-10(6-8-17)18-9-11-4-5-13(15)12-3-2-7-16-14(11)12/h2-5,7,10,17H,6,8-9H2,1H3. The summed E-state index contributed by atoms with van der Waals surface area (Å²) in [5.41, 5.74) is 1.78. The SMILES string of the molecule is CC(CCO)SCc1ccc(F)c2cccnc12. The highest BCUT2D eigenvalue weighted by Crippen LogP contribution is 2.26. The predicted octanol–water partition coefficient (Wildman–Crippen LogP) is 3.38. The molecule has 0 amide bonds. The Morgan fingerprint density at radius 2 is 2.22 bits per heavy atom. The molecule has 0 saturated heterocycles. The van der Waals surface area contributed by atoms with E-state index in [1.807, 2.05) is 0 Å². The Morgan fingerprint density at radius 1 is 1.39 bits per heavy atom. The van der Waals surface area contributed by atoms with Crippen LogP contribution in [-0.2, 0) is 5.75 Å². The van der Waals surface area contributed by atoms with Gasteiger partial charge in [-0.15, -0.1) is 0 Å². The van der Waals surface area contributed by atoms with Gasteiger partial charge in [-0.25, -0.2) is 4.39 Å². The highest BCUT2D eigenvalue weighted by atomic mass is 32.2. The Labute approximate surface area is 110 Å². The Kier molecular flexibility index (Phi) is 4.55. The lowest BCUT2D eigenvalue weighted by atomic mass is 10.1. The Morgan fingerprint density at radius 3 is 3.00 bits per heavy atom. The first-order chi connectivity index (χ1) is 8.72. The van der Waals surface area contributed by atoms with Gasteiger partial charge in [0.15, 0.2) is 0 Å². The number of aliphatic hydroxyl groups is 1. The molecule has 0 radical (unpaired) electrons. The maximum absolute atomic E-state index is 13.6. The summed E-state index contributed by atoms with van der Waals surface area (Å²) < 4.78 is 13.6. The zero-order valence-corrected chi connectivity index (χ0v) is 11.1. The van der Waals surface area contributed by atoms with E-state index in [2.05, 4.69) is 11.9 Å². The van der Waals surface area contributed by atoms with Crippen LogP contribution in [0.25, 0.3) is 10.9 Å². The molecule has 4 heteroatoms. The smallest absolute Gasteiger partial charge is 0.132 e. The molecule has 2 nitrogen and oxygen atoms in total. The van der Waals surface area contributed by atoms with E-state index < -0.39 is 0 Å². The molecule has 1 aromatic heterocycles. The maximum Gasteiger partial charge on any atom is 0.132 e. The Hall–Kier alpha value is -1.13. The molecule has 1 atom stereocenters. The number of thioether (sulfide) groups is 1. The lowest BCUT2D eigenvalue weighted by Gasteiger charge is -2.11. The minimum absolute atomic E-state index is 0.205. The highest BCUT2D eigenvalue weighted by molar-refractivity contribution is 7.99. The zero-order chi connectivity index (χ0) is 13.0. The van der Waals surface area contributed by atoms with Gasteiger partial charge in [0.2, 0.25) is 0 Å². The lowest BCUT2D eigenvalue weighted by Crippen LogP contribution is -2.00. The number of nitrogens with zero attached hydrogens (tertiary/aromatic N) is 1. The number of aliphatic hydroxyl groups excluding tert-OH is 1. The van der Waals surface area contributed by atoms with Gasteiger partial charge in [-0.05, 0) is 30.2 Å². The fourth-order valence-corrected chi connectivity index (χ4v) is 2.78.